The molecule has 0 aliphatic carbocycles. The van der Waals surface area contributed by atoms with E-state index in [-0.39, 0.29) is 5.69 Å². The summed E-state index contributed by atoms with van der Waals surface area (Å²) in [5.41, 5.74) is -0.102. The molecule has 2 aromatic carbocycles. The van der Waals surface area contributed by atoms with Gasteiger partial charge in [-0.05, 0) is 35.9 Å². The molecule has 0 bridgehead atoms. The molecule has 0 fully saturated rings. The zero-order valence-corrected chi connectivity index (χ0v) is 17.3. The smallest absolute Gasteiger partial charge is 0.416 e. The Balaban J connectivity index is 1.59. The first-order valence-electron chi connectivity index (χ1n) is 9.50. The number of benzene rings is 2. The lowest BCUT2D eigenvalue weighted by Gasteiger charge is -2.17. The third-order valence-corrected chi connectivity index (χ3v) is 5.76. The maximum Gasteiger partial charge on any atom is 0.416 e. The van der Waals surface area contributed by atoms with Gasteiger partial charge in [-0.25, -0.2) is 0 Å². The van der Waals surface area contributed by atoms with Gasteiger partial charge in [0, 0.05) is 5.69 Å². The first-order chi connectivity index (χ1) is 15.4. The molecule has 0 saturated carbocycles. The van der Waals surface area contributed by atoms with Crippen LogP contribution in [0.5, 0.6) is 0 Å². The molecule has 32 heavy (non-hydrogen) atoms. The predicted octanol–water partition coefficient (Wildman–Crippen LogP) is 5.41. The Kier molecular flexibility index (Phi) is 6.31. The largest absolute Gasteiger partial charge is 0.467 e. The fourth-order valence-electron chi connectivity index (χ4n) is 3.00. The number of thioether (sulfide) groups is 1. The van der Waals surface area contributed by atoms with E-state index in [0.717, 1.165) is 23.9 Å². The molecule has 6 nitrogen and oxygen atoms in total. The standard InChI is InChI=1S/C22H17F3N4O2S/c23-22(24,25)16-8-4-9-17(12-16)27-20(30)19(15-6-2-1-3-7-15)32-21-28-26-14-29(21)13-18-10-5-11-31-18/h1-12,14,19H,13H2,(H,27,30). The van der Waals surface area contributed by atoms with Crippen molar-refractivity contribution < 1.29 is 22.4 Å². The molecule has 1 amide bonds. The maximum absolute atomic E-state index is 13.1. The van der Waals surface area contributed by atoms with Crippen LogP contribution in [-0.4, -0.2) is 20.7 Å². The fourth-order valence-corrected chi connectivity index (χ4v) is 4.01. The normalized spacial score (nSPS) is 12.5. The van der Waals surface area contributed by atoms with Crippen molar-refractivity contribution in [2.24, 2.45) is 0 Å². The molecule has 10 heteroatoms. The Morgan fingerprint density at radius 2 is 1.91 bits per heavy atom. The zero-order valence-electron chi connectivity index (χ0n) is 16.5. The van der Waals surface area contributed by atoms with E-state index in [0.29, 0.717) is 23.0 Å². The number of rotatable bonds is 7. The van der Waals surface area contributed by atoms with Crippen LogP contribution in [0.25, 0.3) is 0 Å². The lowest BCUT2D eigenvalue weighted by molar-refractivity contribution is -0.137. The van der Waals surface area contributed by atoms with Crippen LogP contribution in [0.4, 0.5) is 18.9 Å². The van der Waals surface area contributed by atoms with E-state index < -0.39 is 22.9 Å². The van der Waals surface area contributed by atoms with Crippen LogP contribution in [0.15, 0.2) is 88.9 Å². The summed E-state index contributed by atoms with van der Waals surface area (Å²) in [5, 5.41) is 10.3. The molecule has 2 heterocycles. The number of nitrogens with zero attached hydrogens (tertiary/aromatic N) is 3. The molecule has 1 atom stereocenters. The molecule has 0 radical (unpaired) electrons. The molecule has 4 rings (SSSR count). The third-order valence-electron chi connectivity index (χ3n) is 4.51. The molecule has 164 valence electrons. The summed E-state index contributed by atoms with van der Waals surface area (Å²) < 4.78 is 46.2. The van der Waals surface area contributed by atoms with Gasteiger partial charge in [0.1, 0.15) is 17.3 Å². The number of carbonyl (C=O) groups excluding carboxylic acids is 1. The van der Waals surface area contributed by atoms with Crippen LogP contribution in [0.2, 0.25) is 0 Å². The Morgan fingerprint density at radius 1 is 1.09 bits per heavy atom. The quantitative estimate of drug-likeness (QED) is 0.375. The van der Waals surface area contributed by atoms with Crippen LogP contribution < -0.4 is 5.32 Å². The molecule has 0 aliphatic rings. The second kappa shape index (κ2) is 9.31. The summed E-state index contributed by atoms with van der Waals surface area (Å²) in [6, 6.07) is 17.0. The number of amides is 1. The Bertz CT molecular complexity index is 1180. The number of carbonyl (C=O) groups is 1. The maximum atomic E-state index is 13.1. The van der Waals surface area contributed by atoms with Gasteiger partial charge in [-0.15, -0.1) is 10.2 Å². The van der Waals surface area contributed by atoms with Crippen LogP contribution in [0.3, 0.4) is 0 Å². The first kappa shape index (κ1) is 21.7. The van der Waals surface area contributed by atoms with E-state index in [2.05, 4.69) is 15.5 Å². The molecule has 1 unspecified atom stereocenters. The van der Waals surface area contributed by atoms with Crippen LogP contribution in [-0.2, 0) is 17.5 Å². The topological polar surface area (TPSA) is 73.0 Å². The molecule has 0 aliphatic heterocycles. The number of halogens is 3. The van der Waals surface area contributed by atoms with Crippen LogP contribution >= 0.6 is 11.8 Å². The molecular weight excluding hydrogens is 441 g/mol. The summed E-state index contributed by atoms with van der Waals surface area (Å²) in [7, 11) is 0. The Morgan fingerprint density at radius 3 is 2.62 bits per heavy atom. The highest BCUT2D eigenvalue weighted by molar-refractivity contribution is 8.00. The van der Waals surface area contributed by atoms with Crippen molar-refractivity contribution in [2.75, 3.05) is 5.32 Å². The SMILES string of the molecule is O=C(Nc1cccc(C(F)(F)F)c1)C(Sc1nncn1Cc1ccco1)c1ccccc1. The van der Waals surface area contributed by atoms with E-state index >= 15 is 0 Å². The van der Waals surface area contributed by atoms with Crippen LogP contribution in [0.1, 0.15) is 22.1 Å². The van der Waals surface area contributed by atoms with Crippen molar-refractivity contribution in [3.8, 4) is 0 Å². The van der Waals surface area contributed by atoms with Crippen LogP contribution in [0, 0.1) is 0 Å². The van der Waals surface area contributed by atoms with Gasteiger partial charge in [-0.2, -0.15) is 13.2 Å². The molecular formula is C22H17F3N4O2S. The van der Waals surface area contributed by atoms with Crippen molar-refractivity contribution in [3.63, 3.8) is 0 Å². The summed E-state index contributed by atoms with van der Waals surface area (Å²) >= 11 is 1.15. The van der Waals surface area contributed by atoms with Gasteiger partial charge in [0.15, 0.2) is 5.16 Å². The number of nitrogens with one attached hydrogen (secondary N) is 1. The van der Waals surface area contributed by atoms with Crippen molar-refractivity contribution >= 4 is 23.4 Å². The second-order valence-electron chi connectivity index (χ2n) is 6.80. The van der Waals surface area contributed by atoms with Gasteiger partial charge in [0.05, 0.1) is 18.4 Å². The average molecular weight is 458 g/mol. The highest BCUT2D eigenvalue weighted by Gasteiger charge is 2.31. The molecule has 0 saturated heterocycles. The zero-order chi connectivity index (χ0) is 22.6. The van der Waals surface area contributed by atoms with Gasteiger partial charge in [-0.1, -0.05) is 48.2 Å². The number of hydrogen-bond acceptors (Lipinski definition) is 5. The minimum absolute atomic E-state index is 0.0587. The average Bonchev–Trinajstić information content (AvgIpc) is 3.44. The Hall–Kier alpha value is -3.53. The monoisotopic (exact) mass is 458 g/mol. The predicted molar refractivity (Wildman–Crippen MR) is 113 cm³/mol. The fraction of sp³-hybridized carbons (Fsp3) is 0.136. The van der Waals surface area contributed by atoms with E-state index in [9.17, 15) is 18.0 Å². The summed E-state index contributed by atoms with van der Waals surface area (Å²) in [4.78, 5) is 13.1. The molecule has 4 aromatic rings. The lowest BCUT2D eigenvalue weighted by Crippen LogP contribution is -2.20. The molecule has 1 N–H and O–H groups in total. The van der Waals surface area contributed by atoms with E-state index in [4.69, 9.17) is 4.42 Å². The number of aromatic nitrogens is 3. The van der Waals surface area contributed by atoms with Gasteiger partial charge in [0.2, 0.25) is 5.91 Å². The number of anilines is 1. The highest BCUT2D eigenvalue weighted by atomic mass is 32.2. The lowest BCUT2D eigenvalue weighted by atomic mass is 10.1. The number of alkyl halides is 3. The van der Waals surface area contributed by atoms with Gasteiger partial charge in [-0.3, -0.25) is 4.79 Å². The highest BCUT2D eigenvalue weighted by Crippen LogP contribution is 2.36. The second-order valence-corrected chi connectivity index (χ2v) is 7.87. The third kappa shape index (κ3) is 5.20. The molecule has 0 spiro atoms. The summed E-state index contributed by atoms with van der Waals surface area (Å²) in [5.74, 6) is 0.212. The Labute approximate surface area is 185 Å². The van der Waals surface area contributed by atoms with E-state index in [1.165, 1.54) is 18.5 Å². The minimum Gasteiger partial charge on any atom is -0.467 e. The van der Waals surface area contributed by atoms with E-state index in [1.807, 2.05) is 12.1 Å². The van der Waals surface area contributed by atoms with E-state index in [1.54, 1.807) is 41.2 Å². The van der Waals surface area contributed by atoms with Crippen molar-refractivity contribution in [3.05, 3.63) is 96.2 Å². The van der Waals surface area contributed by atoms with Crippen molar-refractivity contribution in [2.45, 2.75) is 23.1 Å². The van der Waals surface area contributed by atoms with Gasteiger partial charge >= 0.3 is 6.18 Å². The van der Waals surface area contributed by atoms with Crippen molar-refractivity contribution in [1.82, 2.24) is 14.8 Å². The summed E-state index contributed by atoms with van der Waals surface area (Å²) in [6.07, 6.45) is -1.42. The number of hydrogen-bond donors (Lipinski definition) is 1. The minimum atomic E-state index is -4.50. The van der Waals surface area contributed by atoms with Gasteiger partial charge < -0.3 is 14.3 Å². The summed E-state index contributed by atoms with van der Waals surface area (Å²) in [6.45, 7) is 0.374. The van der Waals surface area contributed by atoms with Crippen molar-refractivity contribution in [1.29, 1.82) is 0 Å². The first-order valence-corrected chi connectivity index (χ1v) is 10.4. The number of furan rings is 1. The van der Waals surface area contributed by atoms with Gasteiger partial charge in [0.25, 0.3) is 0 Å². The molecule has 2 aromatic heterocycles.